The van der Waals surface area contributed by atoms with E-state index in [1.807, 2.05) is 43.3 Å². The highest BCUT2D eigenvalue weighted by Crippen LogP contribution is 2.41. The second-order valence-corrected chi connectivity index (χ2v) is 6.88. The molecule has 2 heterocycles. The van der Waals surface area contributed by atoms with E-state index in [2.05, 4.69) is 16.0 Å². The van der Waals surface area contributed by atoms with Gasteiger partial charge in [0.1, 0.15) is 5.69 Å². The van der Waals surface area contributed by atoms with Gasteiger partial charge in [0.2, 0.25) is 0 Å². The van der Waals surface area contributed by atoms with Crippen LogP contribution in [0.3, 0.4) is 0 Å². The first-order valence-corrected chi connectivity index (χ1v) is 8.87. The van der Waals surface area contributed by atoms with Crippen molar-refractivity contribution in [1.29, 1.82) is 0 Å². The quantitative estimate of drug-likeness (QED) is 0.505. The lowest BCUT2D eigenvalue weighted by Crippen LogP contribution is -2.57. The zero-order chi connectivity index (χ0) is 18.1. The predicted octanol–water partition coefficient (Wildman–Crippen LogP) is 3.38. The Morgan fingerprint density at radius 1 is 1.31 bits per heavy atom. The van der Waals surface area contributed by atoms with E-state index in [-0.39, 0.29) is 12.2 Å². The van der Waals surface area contributed by atoms with E-state index < -0.39 is 5.91 Å². The van der Waals surface area contributed by atoms with Gasteiger partial charge in [-0.15, -0.1) is 0 Å². The Morgan fingerprint density at radius 2 is 2.12 bits per heavy atom. The molecule has 5 nitrogen and oxygen atoms in total. The van der Waals surface area contributed by atoms with Crippen molar-refractivity contribution in [2.24, 2.45) is 5.92 Å². The molecular formula is C21H21N3O2. The molecule has 1 amide bonds. The van der Waals surface area contributed by atoms with Gasteiger partial charge in [-0.25, -0.2) is 5.06 Å². The molecule has 2 atom stereocenters. The van der Waals surface area contributed by atoms with Crippen LogP contribution < -0.4 is 5.32 Å². The molecule has 1 aliphatic heterocycles. The van der Waals surface area contributed by atoms with Crippen LogP contribution in [-0.2, 0) is 6.54 Å². The first kappa shape index (κ1) is 16.6. The van der Waals surface area contributed by atoms with E-state index in [4.69, 9.17) is 0 Å². The van der Waals surface area contributed by atoms with Crippen molar-refractivity contribution in [2.45, 2.75) is 32.4 Å². The van der Waals surface area contributed by atoms with Crippen molar-refractivity contribution in [1.82, 2.24) is 15.4 Å². The Hall–Kier alpha value is -2.88. The number of fused-ring (bicyclic) bond motifs is 1. The van der Waals surface area contributed by atoms with Gasteiger partial charge >= 0.3 is 0 Å². The standard InChI is InChI=1S/C21H21N3O2/c1-14(11-19-17-7-8-18(17)23-19)16-9-10-22-20(12-16)21(25)24(26)13-15-5-3-2-4-6-15/h2-6,9-10,12,17-18,23,26H,7-8,13H2,1H3. The average Bonchev–Trinajstić information content (AvgIpc) is 2.65. The van der Waals surface area contributed by atoms with Crippen LogP contribution in [0.15, 0.2) is 60.1 Å². The summed E-state index contributed by atoms with van der Waals surface area (Å²) in [5.74, 6) is 0.115. The van der Waals surface area contributed by atoms with Gasteiger partial charge in [-0.1, -0.05) is 36.1 Å². The van der Waals surface area contributed by atoms with E-state index in [0.29, 0.717) is 17.0 Å². The summed E-state index contributed by atoms with van der Waals surface area (Å²) < 4.78 is 0. The topological polar surface area (TPSA) is 65.5 Å². The number of rotatable bonds is 4. The predicted molar refractivity (Wildman–Crippen MR) is 98.1 cm³/mol. The van der Waals surface area contributed by atoms with Gasteiger partial charge in [-0.05, 0) is 43.0 Å². The average molecular weight is 347 g/mol. The Kier molecular flexibility index (Phi) is 4.33. The van der Waals surface area contributed by atoms with Crippen LogP contribution in [0, 0.1) is 5.92 Å². The molecule has 1 saturated heterocycles. The molecule has 2 aromatic rings. The number of nitrogens with zero attached hydrogens (tertiary/aromatic N) is 2. The summed E-state index contributed by atoms with van der Waals surface area (Å²) in [5, 5.41) is 14.2. The van der Waals surface area contributed by atoms with Crippen molar-refractivity contribution in [3.8, 4) is 0 Å². The fraction of sp³-hybridized carbons (Fsp3) is 0.286. The first-order chi connectivity index (χ1) is 12.6. The SMILES string of the molecule is CC(=C=C1NC2CCC12)c1ccnc(C(=O)N(O)Cc2ccccc2)c1. The van der Waals surface area contributed by atoms with Gasteiger partial charge in [-0.2, -0.15) is 0 Å². The molecule has 26 heavy (non-hydrogen) atoms. The summed E-state index contributed by atoms with van der Waals surface area (Å²) in [6, 6.07) is 13.6. The second-order valence-electron chi connectivity index (χ2n) is 6.88. The Bertz CT molecular complexity index is 900. The first-order valence-electron chi connectivity index (χ1n) is 8.87. The van der Waals surface area contributed by atoms with Crippen molar-refractivity contribution in [3.05, 3.63) is 76.9 Å². The molecule has 1 aliphatic carbocycles. The van der Waals surface area contributed by atoms with E-state index in [0.717, 1.165) is 22.4 Å². The zero-order valence-electron chi connectivity index (χ0n) is 14.6. The monoisotopic (exact) mass is 347 g/mol. The molecule has 5 heteroatoms. The minimum absolute atomic E-state index is 0.122. The van der Waals surface area contributed by atoms with Crippen LogP contribution in [0.1, 0.15) is 41.4 Å². The maximum absolute atomic E-state index is 12.5. The number of amides is 1. The second kappa shape index (κ2) is 6.79. The lowest BCUT2D eigenvalue weighted by Gasteiger charge is -2.49. The van der Waals surface area contributed by atoms with Gasteiger partial charge in [0.05, 0.1) is 12.2 Å². The van der Waals surface area contributed by atoms with Crippen LogP contribution in [0.4, 0.5) is 0 Å². The fourth-order valence-electron chi connectivity index (χ4n) is 3.37. The molecule has 132 valence electrons. The van der Waals surface area contributed by atoms with Gasteiger partial charge < -0.3 is 5.32 Å². The molecule has 1 saturated carbocycles. The van der Waals surface area contributed by atoms with Crippen molar-refractivity contribution in [3.63, 3.8) is 0 Å². The molecule has 0 radical (unpaired) electrons. The van der Waals surface area contributed by atoms with Crippen molar-refractivity contribution < 1.29 is 10.0 Å². The third-order valence-electron chi connectivity index (χ3n) is 5.13. The minimum atomic E-state index is -0.517. The molecule has 0 bridgehead atoms. The van der Waals surface area contributed by atoms with Crippen LogP contribution in [0.5, 0.6) is 0 Å². The van der Waals surface area contributed by atoms with Crippen LogP contribution in [0.2, 0.25) is 0 Å². The van der Waals surface area contributed by atoms with E-state index in [1.165, 1.54) is 12.8 Å². The number of piperidine rings is 1. The summed E-state index contributed by atoms with van der Waals surface area (Å²) in [4.78, 5) is 16.6. The van der Waals surface area contributed by atoms with Gasteiger partial charge in [0, 0.05) is 23.7 Å². The lowest BCUT2D eigenvalue weighted by atomic mass is 9.70. The van der Waals surface area contributed by atoms with Gasteiger partial charge in [-0.3, -0.25) is 15.0 Å². The molecule has 2 fully saturated rings. The summed E-state index contributed by atoms with van der Waals surface area (Å²) in [7, 11) is 0. The van der Waals surface area contributed by atoms with Gasteiger partial charge in [0.25, 0.3) is 5.91 Å². The number of carbonyl (C=O) groups excluding carboxylic acids is 1. The molecule has 0 spiro atoms. The van der Waals surface area contributed by atoms with E-state index in [9.17, 15) is 10.0 Å². The number of aromatic nitrogens is 1. The summed E-state index contributed by atoms with van der Waals surface area (Å²) >= 11 is 0. The normalized spacial score (nSPS) is 20.0. The zero-order valence-corrected chi connectivity index (χ0v) is 14.6. The molecule has 2 N–H and O–H groups in total. The molecular weight excluding hydrogens is 326 g/mol. The van der Waals surface area contributed by atoms with Crippen molar-refractivity contribution in [2.75, 3.05) is 0 Å². The van der Waals surface area contributed by atoms with Gasteiger partial charge in [0.15, 0.2) is 0 Å². The fourth-order valence-corrected chi connectivity index (χ4v) is 3.37. The Labute approximate surface area is 152 Å². The molecule has 2 unspecified atom stereocenters. The molecule has 4 rings (SSSR count). The third-order valence-corrected chi connectivity index (χ3v) is 5.13. The molecule has 1 aromatic carbocycles. The summed E-state index contributed by atoms with van der Waals surface area (Å²) in [5.41, 5.74) is 7.48. The smallest absolute Gasteiger partial charge is 0.296 e. The summed E-state index contributed by atoms with van der Waals surface area (Å²) in [6.45, 7) is 2.10. The largest absolute Gasteiger partial charge is 0.378 e. The highest BCUT2D eigenvalue weighted by atomic mass is 16.5. The van der Waals surface area contributed by atoms with Crippen LogP contribution >= 0.6 is 0 Å². The Morgan fingerprint density at radius 3 is 2.77 bits per heavy atom. The number of carbonyl (C=O) groups is 1. The highest BCUT2D eigenvalue weighted by Gasteiger charge is 2.42. The molecule has 1 aromatic heterocycles. The van der Waals surface area contributed by atoms with E-state index >= 15 is 0 Å². The van der Waals surface area contributed by atoms with Crippen LogP contribution in [0.25, 0.3) is 5.57 Å². The minimum Gasteiger partial charge on any atom is -0.378 e. The van der Waals surface area contributed by atoms with Crippen molar-refractivity contribution >= 4 is 11.5 Å². The summed E-state index contributed by atoms with van der Waals surface area (Å²) in [6.07, 6.45) is 4.07. The van der Waals surface area contributed by atoms with E-state index in [1.54, 1.807) is 12.3 Å². The maximum Gasteiger partial charge on any atom is 0.296 e. The lowest BCUT2D eigenvalue weighted by molar-refractivity contribution is -0.0652. The molecule has 2 aliphatic rings. The Balaban J connectivity index is 1.52. The number of pyridine rings is 1. The number of hydroxylamine groups is 2. The third kappa shape index (κ3) is 3.15. The maximum atomic E-state index is 12.5. The van der Waals surface area contributed by atoms with Crippen LogP contribution in [-0.4, -0.2) is 27.2 Å². The number of hydrogen-bond donors (Lipinski definition) is 2. The number of nitrogens with one attached hydrogen (secondary N) is 1. The number of benzene rings is 1. The highest BCUT2D eigenvalue weighted by molar-refractivity contribution is 5.92. The number of hydrogen-bond acceptors (Lipinski definition) is 4.